The van der Waals surface area contributed by atoms with Crippen LogP contribution in [-0.4, -0.2) is 33.9 Å². The van der Waals surface area contributed by atoms with Crippen LogP contribution < -0.4 is 10.1 Å². The molecule has 7 heteroatoms. The van der Waals surface area contributed by atoms with Gasteiger partial charge in [-0.25, -0.2) is 4.79 Å². The van der Waals surface area contributed by atoms with Gasteiger partial charge >= 0.3 is 5.97 Å². The minimum Gasteiger partial charge on any atom is -0.495 e. The molecule has 20 heavy (non-hydrogen) atoms. The van der Waals surface area contributed by atoms with Crippen LogP contribution in [0.5, 0.6) is 5.75 Å². The van der Waals surface area contributed by atoms with E-state index in [9.17, 15) is 9.59 Å². The van der Waals surface area contributed by atoms with Crippen LogP contribution in [0.25, 0.3) is 0 Å². The lowest BCUT2D eigenvalue weighted by molar-refractivity contribution is -0.116. The largest absolute Gasteiger partial charge is 0.495 e. The lowest BCUT2D eigenvalue weighted by atomic mass is 10.3. The van der Waals surface area contributed by atoms with Gasteiger partial charge in [-0.2, -0.15) is 5.10 Å². The van der Waals surface area contributed by atoms with Gasteiger partial charge in [0.05, 0.1) is 12.8 Å². The Kier molecular flexibility index (Phi) is 3.99. The Morgan fingerprint density at radius 2 is 2.10 bits per heavy atom. The number of aromatic carboxylic acids is 1. The summed E-state index contributed by atoms with van der Waals surface area (Å²) in [6.45, 7) is -0.0780. The summed E-state index contributed by atoms with van der Waals surface area (Å²) in [6, 6.07) is 8.34. The molecule has 1 amide bonds. The average Bonchev–Trinajstić information content (AvgIpc) is 2.88. The molecule has 0 saturated carbocycles. The Balaban J connectivity index is 2.03. The molecule has 0 bridgehead atoms. The molecule has 104 valence electrons. The van der Waals surface area contributed by atoms with Gasteiger partial charge in [-0.1, -0.05) is 12.1 Å². The predicted octanol–water partition coefficient (Wildman–Crippen LogP) is 1.23. The number of anilines is 1. The summed E-state index contributed by atoms with van der Waals surface area (Å²) in [5.74, 6) is -0.907. The van der Waals surface area contributed by atoms with E-state index in [1.165, 1.54) is 24.1 Å². The Labute approximate surface area is 114 Å². The van der Waals surface area contributed by atoms with Gasteiger partial charge in [-0.3, -0.25) is 9.48 Å². The number of carboxylic acids is 1. The molecule has 1 aromatic carbocycles. The Hall–Kier alpha value is -2.83. The second-order valence-corrected chi connectivity index (χ2v) is 3.95. The quantitative estimate of drug-likeness (QED) is 0.856. The molecule has 0 spiro atoms. The monoisotopic (exact) mass is 275 g/mol. The van der Waals surface area contributed by atoms with Crippen molar-refractivity contribution < 1.29 is 19.4 Å². The van der Waals surface area contributed by atoms with Crippen LogP contribution in [0.1, 0.15) is 10.5 Å². The third-order valence-electron chi connectivity index (χ3n) is 2.55. The maximum Gasteiger partial charge on any atom is 0.356 e. The van der Waals surface area contributed by atoms with Crippen molar-refractivity contribution in [3.8, 4) is 5.75 Å². The molecule has 2 aromatic rings. The predicted molar refractivity (Wildman–Crippen MR) is 70.8 cm³/mol. The van der Waals surface area contributed by atoms with Gasteiger partial charge in [0.25, 0.3) is 0 Å². The number of benzene rings is 1. The first kappa shape index (κ1) is 13.6. The van der Waals surface area contributed by atoms with Crippen LogP contribution in [0.2, 0.25) is 0 Å². The highest BCUT2D eigenvalue weighted by Crippen LogP contribution is 2.22. The van der Waals surface area contributed by atoms with Crippen LogP contribution >= 0.6 is 0 Å². The summed E-state index contributed by atoms with van der Waals surface area (Å²) in [4.78, 5) is 22.5. The number of hydrogen-bond acceptors (Lipinski definition) is 4. The fourth-order valence-electron chi connectivity index (χ4n) is 1.65. The fraction of sp³-hybridized carbons (Fsp3) is 0.154. The van der Waals surface area contributed by atoms with E-state index >= 15 is 0 Å². The zero-order chi connectivity index (χ0) is 14.5. The highest BCUT2D eigenvalue weighted by molar-refractivity contribution is 5.92. The first-order chi connectivity index (χ1) is 9.60. The van der Waals surface area contributed by atoms with Crippen molar-refractivity contribution in [2.45, 2.75) is 6.54 Å². The third kappa shape index (κ3) is 3.14. The number of carbonyl (C=O) groups is 2. The van der Waals surface area contributed by atoms with E-state index in [0.717, 1.165) is 0 Å². The molecule has 0 aliphatic heterocycles. The summed E-state index contributed by atoms with van der Waals surface area (Å²) in [5, 5.41) is 15.2. The average molecular weight is 275 g/mol. The minimum atomic E-state index is -1.13. The summed E-state index contributed by atoms with van der Waals surface area (Å²) >= 11 is 0. The van der Waals surface area contributed by atoms with E-state index in [1.54, 1.807) is 24.3 Å². The molecule has 0 aliphatic rings. The number of aromatic nitrogens is 2. The Morgan fingerprint density at radius 3 is 2.75 bits per heavy atom. The first-order valence-electron chi connectivity index (χ1n) is 5.80. The van der Waals surface area contributed by atoms with E-state index in [1.807, 2.05) is 0 Å². The molecule has 0 atom stereocenters. The minimum absolute atomic E-state index is 0.0780. The fourth-order valence-corrected chi connectivity index (χ4v) is 1.65. The zero-order valence-corrected chi connectivity index (χ0v) is 10.7. The molecule has 0 aliphatic carbocycles. The van der Waals surface area contributed by atoms with Gasteiger partial charge in [0.1, 0.15) is 12.3 Å². The number of para-hydroxylation sites is 2. The van der Waals surface area contributed by atoms with Gasteiger partial charge in [-0.05, 0) is 18.2 Å². The van der Waals surface area contributed by atoms with E-state index in [4.69, 9.17) is 9.84 Å². The SMILES string of the molecule is COc1ccccc1NC(=O)Cn1ccc(C(=O)O)n1. The smallest absolute Gasteiger partial charge is 0.356 e. The number of carbonyl (C=O) groups excluding carboxylic acids is 1. The normalized spacial score (nSPS) is 10.1. The van der Waals surface area contributed by atoms with E-state index in [0.29, 0.717) is 11.4 Å². The number of hydrogen-bond donors (Lipinski definition) is 2. The molecule has 2 N–H and O–H groups in total. The third-order valence-corrected chi connectivity index (χ3v) is 2.55. The van der Waals surface area contributed by atoms with Gasteiger partial charge in [-0.15, -0.1) is 0 Å². The van der Waals surface area contributed by atoms with Crippen molar-refractivity contribution in [1.82, 2.24) is 9.78 Å². The van der Waals surface area contributed by atoms with E-state index < -0.39 is 5.97 Å². The van der Waals surface area contributed by atoms with Crippen LogP contribution in [0, 0.1) is 0 Å². The summed E-state index contributed by atoms with van der Waals surface area (Å²) < 4.78 is 6.38. The number of methoxy groups -OCH3 is 1. The van der Waals surface area contributed by atoms with Crippen LogP contribution in [0.4, 0.5) is 5.69 Å². The van der Waals surface area contributed by atoms with Crippen molar-refractivity contribution in [2.75, 3.05) is 12.4 Å². The number of amides is 1. The molecule has 0 fully saturated rings. The van der Waals surface area contributed by atoms with Gasteiger partial charge in [0, 0.05) is 6.20 Å². The second-order valence-electron chi connectivity index (χ2n) is 3.95. The molecule has 1 heterocycles. The molecule has 0 saturated heterocycles. The van der Waals surface area contributed by atoms with Crippen LogP contribution in [0.15, 0.2) is 36.5 Å². The van der Waals surface area contributed by atoms with E-state index in [2.05, 4.69) is 10.4 Å². The highest BCUT2D eigenvalue weighted by Gasteiger charge is 2.10. The number of nitrogens with zero attached hydrogens (tertiary/aromatic N) is 2. The van der Waals surface area contributed by atoms with Crippen molar-refractivity contribution in [1.29, 1.82) is 0 Å². The van der Waals surface area contributed by atoms with Crippen LogP contribution in [-0.2, 0) is 11.3 Å². The molecule has 0 unspecified atom stereocenters. The molecule has 2 rings (SSSR count). The van der Waals surface area contributed by atoms with Crippen molar-refractivity contribution in [3.05, 3.63) is 42.2 Å². The number of ether oxygens (including phenoxy) is 1. The lowest BCUT2D eigenvalue weighted by Crippen LogP contribution is -2.19. The molecular formula is C13H13N3O4. The topological polar surface area (TPSA) is 93.5 Å². The van der Waals surface area contributed by atoms with Crippen LogP contribution in [0.3, 0.4) is 0 Å². The number of carboxylic acid groups (broad SMARTS) is 1. The van der Waals surface area contributed by atoms with Gasteiger partial charge in [0.15, 0.2) is 5.69 Å². The first-order valence-corrected chi connectivity index (χ1v) is 5.80. The van der Waals surface area contributed by atoms with Gasteiger partial charge < -0.3 is 15.2 Å². The summed E-state index contributed by atoms with van der Waals surface area (Å²) in [7, 11) is 1.51. The van der Waals surface area contributed by atoms with Crippen molar-refractivity contribution in [3.63, 3.8) is 0 Å². The summed E-state index contributed by atoms with van der Waals surface area (Å²) in [6.07, 6.45) is 1.44. The Bertz CT molecular complexity index is 636. The van der Waals surface area contributed by atoms with Gasteiger partial charge in [0.2, 0.25) is 5.91 Å². The molecule has 7 nitrogen and oxygen atoms in total. The lowest BCUT2D eigenvalue weighted by Gasteiger charge is -2.09. The molecular weight excluding hydrogens is 262 g/mol. The van der Waals surface area contributed by atoms with Crippen molar-refractivity contribution in [2.24, 2.45) is 0 Å². The van der Waals surface area contributed by atoms with Crippen molar-refractivity contribution >= 4 is 17.6 Å². The molecule has 1 aromatic heterocycles. The van der Waals surface area contributed by atoms with E-state index in [-0.39, 0.29) is 18.1 Å². The summed E-state index contributed by atoms with van der Waals surface area (Å²) in [5.41, 5.74) is 0.445. The number of nitrogens with one attached hydrogen (secondary N) is 1. The maximum atomic E-state index is 11.9. The second kappa shape index (κ2) is 5.87. The Morgan fingerprint density at radius 1 is 1.35 bits per heavy atom. The maximum absolute atomic E-state index is 11.9. The molecule has 0 radical (unpaired) electrons. The zero-order valence-electron chi connectivity index (χ0n) is 10.7. The standard InChI is InChI=1S/C13H13N3O4/c1-20-11-5-3-2-4-9(11)14-12(17)8-16-7-6-10(15-16)13(18)19/h2-7H,8H2,1H3,(H,14,17)(H,18,19). The highest BCUT2D eigenvalue weighted by atomic mass is 16.5. The number of rotatable bonds is 5.